The van der Waals surface area contributed by atoms with Gasteiger partial charge in [0, 0.05) is 22.2 Å². The number of aryl methyl sites for hydroxylation is 1. The number of rotatable bonds is 3. The van der Waals surface area contributed by atoms with E-state index < -0.39 is 11.9 Å². The van der Waals surface area contributed by atoms with Crippen molar-refractivity contribution < 1.29 is 14.7 Å². The molecule has 1 aromatic heterocycles. The van der Waals surface area contributed by atoms with Crippen molar-refractivity contribution in [2.75, 3.05) is 0 Å². The third-order valence-electron chi connectivity index (χ3n) is 3.80. The molecule has 0 bridgehead atoms. The van der Waals surface area contributed by atoms with Gasteiger partial charge in [-0.15, -0.1) is 11.3 Å². The van der Waals surface area contributed by atoms with Gasteiger partial charge in [0.25, 0.3) is 0 Å². The number of hydrogen-bond donors (Lipinski definition) is 1. The van der Waals surface area contributed by atoms with Crippen LogP contribution in [0, 0.1) is 12.8 Å². The molecule has 2 atom stereocenters. The predicted octanol–water partition coefficient (Wildman–Crippen LogP) is 3.22. The lowest BCUT2D eigenvalue weighted by Crippen LogP contribution is -2.42. The van der Waals surface area contributed by atoms with E-state index in [2.05, 4.69) is 0 Å². The van der Waals surface area contributed by atoms with E-state index in [-0.39, 0.29) is 18.0 Å². The molecule has 1 aliphatic rings. The first-order valence-electron chi connectivity index (χ1n) is 7.02. The van der Waals surface area contributed by atoms with Gasteiger partial charge in [0.05, 0.1) is 12.0 Å². The highest BCUT2D eigenvalue weighted by molar-refractivity contribution is 7.12. The fourth-order valence-corrected chi connectivity index (χ4v) is 3.97. The monoisotopic (exact) mass is 295 g/mol. The Kier molecular flexibility index (Phi) is 4.48. The largest absolute Gasteiger partial charge is 0.481 e. The van der Waals surface area contributed by atoms with E-state index in [4.69, 9.17) is 0 Å². The van der Waals surface area contributed by atoms with E-state index in [9.17, 15) is 14.7 Å². The standard InChI is InChI=1S/C15H21NO3S/c1-9(2)16-13(17)6-4-5-11(15(18)19)14(16)12-8-7-10(3)20-12/h7-9,11,14H,4-6H2,1-3H3,(H,18,19). The summed E-state index contributed by atoms with van der Waals surface area (Å²) in [4.78, 5) is 27.9. The number of carboxylic acids is 1. The van der Waals surface area contributed by atoms with Crippen LogP contribution in [0.25, 0.3) is 0 Å². The maximum Gasteiger partial charge on any atom is 0.308 e. The molecule has 20 heavy (non-hydrogen) atoms. The summed E-state index contributed by atoms with van der Waals surface area (Å²) in [6.07, 6.45) is 1.66. The number of thiophene rings is 1. The van der Waals surface area contributed by atoms with Gasteiger partial charge < -0.3 is 10.0 Å². The molecule has 1 fully saturated rings. The Bertz CT molecular complexity index is 509. The summed E-state index contributed by atoms with van der Waals surface area (Å²) < 4.78 is 0. The number of nitrogens with zero attached hydrogens (tertiary/aromatic N) is 1. The molecule has 0 saturated carbocycles. The van der Waals surface area contributed by atoms with Crippen molar-refractivity contribution >= 4 is 23.2 Å². The van der Waals surface area contributed by atoms with E-state index in [1.807, 2.05) is 32.9 Å². The topological polar surface area (TPSA) is 57.6 Å². The van der Waals surface area contributed by atoms with E-state index in [1.54, 1.807) is 16.2 Å². The van der Waals surface area contributed by atoms with Crippen molar-refractivity contribution in [2.45, 2.75) is 52.1 Å². The molecular weight excluding hydrogens is 274 g/mol. The van der Waals surface area contributed by atoms with Crippen molar-refractivity contribution in [3.8, 4) is 0 Å². The Morgan fingerprint density at radius 3 is 2.65 bits per heavy atom. The Hall–Kier alpha value is -1.36. The normalized spacial score (nSPS) is 24.0. The van der Waals surface area contributed by atoms with Gasteiger partial charge in [-0.1, -0.05) is 0 Å². The van der Waals surface area contributed by atoms with Gasteiger partial charge in [0.15, 0.2) is 0 Å². The van der Waals surface area contributed by atoms with E-state index in [0.29, 0.717) is 19.3 Å². The molecule has 1 amide bonds. The Morgan fingerprint density at radius 2 is 2.15 bits per heavy atom. The number of carbonyl (C=O) groups excluding carboxylic acids is 1. The van der Waals surface area contributed by atoms with Crippen molar-refractivity contribution in [1.29, 1.82) is 0 Å². The van der Waals surface area contributed by atoms with E-state index in [1.165, 1.54) is 0 Å². The zero-order valence-corrected chi connectivity index (χ0v) is 12.9. The van der Waals surface area contributed by atoms with Gasteiger partial charge in [0.1, 0.15) is 0 Å². The number of hydrogen-bond acceptors (Lipinski definition) is 3. The van der Waals surface area contributed by atoms with Crippen LogP contribution >= 0.6 is 11.3 Å². The first kappa shape index (κ1) is 15.0. The second-order valence-corrected chi connectivity index (χ2v) is 6.94. The summed E-state index contributed by atoms with van der Waals surface area (Å²) in [5.74, 6) is -1.25. The van der Waals surface area contributed by atoms with Crippen LogP contribution in [0.1, 0.15) is 48.9 Å². The fourth-order valence-electron chi connectivity index (χ4n) is 2.92. The summed E-state index contributed by atoms with van der Waals surface area (Å²) in [5.41, 5.74) is 0. The average Bonchev–Trinajstić information content (AvgIpc) is 2.68. The zero-order chi connectivity index (χ0) is 14.9. The number of aliphatic carboxylic acids is 1. The summed E-state index contributed by atoms with van der Waals surface area (Å²) >= 11 is 1.59. The van der Waals surface area contributed by atoms with Gasteiger partial charge in [-0.05, 0) is 45.7 Å². The van der Waals surface area contributed by atoms with Crippen LogP contribution in [0.4, 0.5) is 0 Å². The zero-order valence-electron chi connectivity index (χ0n) is 12.1. The van der Waals surface area contributed by atoms with Crippen molar-refractivity contribution in [1.82, 2.24) is 4.90 Å². The molecule has 0 radical (unpaired) electrons. The predicted molar refractivity (Wildman–Crippen MR) is 78.8 cm³/mol. The van der Waals surface area contributed by atoms with Crippen LogP contribution in [-0.4, -0.2) is 27.9 Å². The number of carboxylic acid groups (broad SMARTS) is 1. The quantitative estimate of drug-likeness (QED) is 0.931. The van der Waals surface area contributed by atoms with Gasteiger partial charge in [-0.25, -0.2) is 0 Å². The molecule has 1 aliphatic heterocycles. The maximum absolute atomic E-state index is 12.4. The highest BCUT2D eigenvalue weighted by Gasteiger charge is 2.40. The molecule has 5 heteroatoms. The lowest BCUT2D eigenvalue weighted by Gasteiger charge is -2.36. The number of carbonyl (C=O) groups is 2. The summed E-state index contributed by atoms with van der Waals surface area (Å²) in [7, 11) is 0. The Balaban J connectivity index is 2.48. The SMILES string of the molecule is Cc1ccc(C2C(C(=O)O)CCCC(=O)N2C(C)C)s1. The second-order valence-electron chi connectivity index (χ2n) is 5.62. The van der Waals surface area contributed by atoms with Crippen molar-refractivity contribution in [2.24, 2.45) is 5.92 Å². The Labute approximate surface area is 123 Å². The highest BCUT2D eigenvalue weighted by atomic mass is 32.1. The smallest absolute Gasteiger partial charge is 0.308 e. The molecule has 0 spiro atoms. The van der Waals surface area contributed by atoms with Crippen LogP contribution in [-0.2, 0) is 9.59 Å². The lowest BCUT2D eigenvalue weighted by molar-refractivity contribution is -0.146. The maximum atomic E-state index is 12.4. The molecule has 1 saturated heterocycles. The van der Waals surface area contributed by atoms with Crippen LogP contribution in [0.15, 0.2) is 12.1 Å². The summed E-state index contributed by atoms with van der Waals surface area (Å²) in [5, 5.41) is 9.55. The molecule has 2 heterocycles. The van der Waals surface area contributed by atoms with Crippen molar-refractivity contribution in [3.63, 3.8) is 0 Å². The van der Waals surface area contributed by atoms with Gasteiger partial charge >= 0.3 is 5.97 Å². The molecule has 110 valence electrons. The minimum atomic E-state index is -0.804. The third-order valence-corrected chi connectivity index (χ3v) is 4.87. The first-order chi connectivity index (χ1) is 9.41. The molecule has 2 unspecified atom stereocenters. The average molecular weight is 295 g/mol. The van der Waals surface area contributed by atoms with Gasteiger partial charge in [0.2, 0.25) is 5.91 Å². The molecule has 1 N–H and O–H groups in total. The van der Waals surface area contributed by atoms with Crippen LogP contribution in [0.2, 0.25) is 0 Å². The summed E-state index contributed by atoms with van der Waals surface area (Å²) in [6, 6.07) is 3.64. The van der Waals surface area contributed by atoms with Gasteiger partial charge in [-0.2, -0.15) is 0 Å². The molecule has 1 aromatic rings. The number of amides is 1. The molecular formula is C15H21NO3S. The molecule has 0 aliphatic carbocycles. The Morgan fingerprint density at radius 1 is 1.45 bits per heavy atom. The summed E-state index contributed by atoms with van der Waals surface area (Å²) in [6.45, 7) is 5.91. The first-order valence-corrected chi connectivity index (χ1v) is 7.83. The van der Waals surface area contributed by atoms with Crippen LogP contribution in [0.5, 0.6) is 0 Å². The third kappa shape index (κ3) is 2.87. The second kappa shape index (κ2) is 5.95. The minimum absolute atomic E-state index is 0.00913. The molecule has 2 rings (SSSR count). The van der Waals surface area contributed by atoms with E-state index in [0.717, 1.165) is 9.75 Å². The van der Waals surface area contributed by atoms with Crippen LogP contribution in [0.3, 0.4) is 0 Å². The van der Waals surface area contributed by atoms with Gasteiger partial charge in [-0.3, -0.25) is 9.59 Å². The van der Waals surface area contributed by atoms with Crippen molar-refractivity contribution in [3.05, 3.63) is 21.9 Å². The molecule has 4 nitrogen and oxygen atoms in total. The lowest BCUT2D eigenvalue weighted by atomic mass is 9.93. The molecule has 0 aromatic carbocycles. The highest BCUT2D eigenvalue weighted by Crippen LogP contribution is 2.39. The number of likely N-dealkylation sites (tertiary alicyclic amines) is 1. The minimum Gasteiger partial charge on any atom is -0.481 e. The fraction of sp³-hybridized carbons (Fsp3) is 0.600. The van der Waals surface area contributed by atoms with E-state index >= 15 is 0 Å². The van der Waals surface area contributed by atoms with Crippen LogP contribution < -0.4 is 0 Å².